The third-order valence-corrected chi connectivity index (χ3v) is 14.4. The van der Waals surface area contributed by atoms with Gasteiger partial charge in [0.1, 0.15) is 40.3 Å². The molecule has 0 aromatic heterocycles. The third-order valence-electron chi connectivity index (χ3n) is 14.4. The second-order valence-corrected chi connectivity index (χ2v) is 21.9. The van der Waals surface area contributed by atoms with E-state index in [0.29, 0.717) is 19.5 Å². The van der Waals surface area contributed by atoms with Crippen LogP contribution in [-0.2, 0) is 62.4 Å². The molecule has 3 aromatic rings. The number of rotatable bonds is 36. The van der Waals surface area contributed by atoms with Crippen molar-refractivity contribution in [1.82, 2.24) is 58.5 Å². The van der Waals surface area contributed by atoms with Crippen LogP contribution in [-0.4, -0.2) is 139 Å². The maximum atomic E-state index is 14.3. The van der Waals surface area contributed by atoms with Crippen molar-refractivity contribution in [1.29, 1.82) is 0 Å². The average molecular weight is 1130 g/mol. The van der Waals surface area contributed by atoms with Crippen LogP contribution in [0.25, 0.3) is 0 Å². The van der Waals surface area contributed by atoms with Crippen molar-refractivity contribution in [3.05, 3.63) is 108 Å². The molecule has 0 heterocycles. The summed E-state index contributed by atoms with van der Waals surface area (Å²) in [7, 11) is 0. The predicted octanol–water partition coefficient (Wildman–Crippen LogP) is 1.87. The molecule has 7 unspecified atom stereocenters. The summed E-state index contributed by atoms with van der Waals surface area (Å²) in [6.45, 7) is 18.3. The quantitative estimate of drug-likeness (QED) is 0.0372. The lowest BCUT2D eigenvalue weighted by Crippen LogP contribution is -2.66. The second kappa shape index (κ2) is 33.5. The van der Waals surface area contributed by atoms with Crippen molar-refractivity contribution in [2.45, 2.75) is 173 Å². The van der Waals surface area contributed by atoms with Gasteiger partial charge in [0.05, 0.1) is 6.54 Å². The van der Waals surface area contributed by atoms with E-state index in [1.54, 1.807) is 64.1 Å². The zero-order chi connectivity index (χ0) is 60.2. The summed E-state index contributed by atoms with van der Waals surface area (Å²) in [6.07, 6.45) is 4.07. The molecule has 0 aliphatic carbocycles. The van der Waals surface area contributed by atoms with E-state index in [9.17, 15) is 43.2 Å². The number of nitrogens with one attached hydrogen (secondary N) is 11. The number of hydrogen-bond donors (Lipinski definition) is 12. The predicted molar refractivity (Wildman–Crippen MR) is 314 cm³/mol. The first-order chi connectivity index (χ1) is 38.3. The fraction of sp³-hybridized carbons (Fsp3) is 0.550. The van der Waals surface area contributed by atoms with E-state index in [1.807, 2.05) is 54.6 Å². The van der Waals surface area contributed by atoms with Gasteiger partial charge in [-0.1, -0.05) is 112 Å². The van der Waals surface area contributed by atoms with Crippen molar-refractivity contribution in [3.63, 3.8) is 0 Å². The summed E-state index contributed by atoms with van der Waals surface area (Å²) < 4.78 is 0. The van der Waals surface area contributed by atoms with Crippen LogP contribution in [0.5, 0.6) is 0 Å². The van der Waals surface area contributed by atoms with Crippen LogP contribution in [0.1, 0.15) is 124 Å². The van der Waals surface area contributed by atoms with Gasteiger partial charge in [0.15, 0.2) is 0 Å². The van der Waals surface area contributed by atoms with E-state index in [1.165, 1.54) is 41.5 Å². The zero-order valence-corrected chi connectivity index (χ0v) is 49.3. The first-order valence-electron chi connectivity index (χ1n) is 28.3. The van der Waals surface area contributed by atoms with Crippen LogP contribution in [0, 0.1) is 0 Å². The molecule has 13 N–H and O–H groups in total. The lowest BCUT2D eigenvalue weighted by atomic mass is 9.93. The maximum absolute atomic E-state index is 14.3. The van der Waals surface area contributed by atoms with Gasteiger partial charge in [0.25, 0.3) is 0 Å². The van der Waals surface area contributed by atoms with E-state index in [0.717, 1.165) is 55.6 Å². The van der Waals surface area contributed by atoms with Gasteiger partial charge in [-0.2, -0.15) is 0 Å². The van der Waals surface area contributed by atoms with E-state index < -0.39 is 100.0 Å². The number of benzene rings is 3. The Morgan fingerprint density at radius 3 is 1.42 bits per heavy atom. The number of carbonyl (C=O) groups excluding carboxylic acids is 9. The molecule has 7 atom stereocenters. The van der Waals surface area contributed by atoms with Crippen molar-refractivity contribution >= 4 is 53.2 Å². The highest BCUT2D eigenvalue weighted by atomic mass is 16.2. The summed E-state index contributed by atoms with van der Waals surface area (Å²) in [5, 5.41) is 31.6. The fourth-order valence-corrected chi connectivity index (χ4v) is 8.45. The van der Waals surface area contributed by atoms with Gasteiger partial charge in [-0.05, 0) is 129 Å². The Morgan fingerprint density at radius 2 is 0.926 bits per heavy atom. The number of unbranched alkanes of at least 4 members (excludes halogenated alkanes) is 1. The van der Waals surface area contributed by atoms with Gasteiger partial charge in [0.2, 0.25) is 53.2 Å². The molecule has 0 aliphatic rings. The van der Waals surface area contributed by atoms with Crippen molar-refractivity contribution in [2.24, 2.45) is 5.73 Å². The highest BCUT2D eigenvalue weighted by Crippen LogP contribution is 2.17. The number of carbonyl (C=O) groups is 9. The minimum absolute atomic E-state index is 0.0626. The summed E-state index contributed by atoms with van der Waals surface area (Å²) in [5.41, 5.74) is 2.06. The van der Waals surface area contributed by atoms with Gasteiger partial charge < -0.3 is 64.2 Å². The van der Waals surface area contributed by atoms with Gasteiger partial charge in [-0.3, -0.25) is 43.2 Å². The monoisotopic (exact) mass is 1120 g/mol. The molecule has 3 aromatic carbocycles. The fourth-order valence-electron chi connectivity index (χ4n) is 8.45. The molecule has 446 valence electrons. The first kappa shape index (κ1) is 68.0. The molecule has 0 saturated carbocycles. The molecule has 0 spiro atoms. The second-order valence-electron chi connectivity index (χ2n) is 21.9. The van der Waals surface area contributed by atoms with Gasteiger partial charge in [-0.15, -0.1) is 0 Å². The van der Waals surface area contributed by atoms with Crippen molar-refractivity contribution in [3.8, 4) is 0 Å². The lowest BCUT2D eigenvalue weighted by Gasteiger charge is -2.35. The Hall–Kier alpha value is -7.23. The van der Waals surface area contributed by atoms with E-state index >= 15 is 0 Å². The van der Waals surface area contributed by atoms with Gasteiger partial charge in [0, 0.05) is 32.4 Å². The normalized spacial score (nSPS) is 15.0. The van der Waals surface area contributed by atoms with Crippen LogP contribution in [0.15, 0.2) is 91.0 Å². The van der Waals surface area contributed by atoms with E-state index in [2.05, 4.69) is 58.5 Å². The molecule has 0 aliphatic heterocycles. The summed E-state index contributed by atoms with van der Waals surface area (Å²) in [5.74, 6) is -5.66. The van der Waals surface area contributed by atoms with E-state index in [-0.39, 0.29) is 38.1 Å². The van der Waals surface area contributed by atoms with Crippen LogP contribution >= 0.6 is 0 Å². The largest absolute Gasteiger partial charge is 0.350 e. The molecule has 21 nitrogen and oxygen atoms in total. The molecule has 0 bridgehead atoms. The SMILES string of the molecule is CCC(C)(NC(=O)C(C)NC(=O)C(C)(C)NC(=O)C(C)(CC)NC(=O)C(Cc1ccccc1)NC(C)=O)C(=O)NCC(=O)NC(Cc1ccccc1)C(=O)NC(C)(CC)C(=O)NC(CNCCCNCCCCN)Cc1ccccc1. The Kier molecular flexibility index (Phi) is 28.1. The van der Waals surface area contributed by atoms with Crippen LogP contribution in [0.2, 0.25) is 0 Å². The number of amides is 9. The summed E-state index contributed by atoms with van der Waals surface area (Å²) in [6, 6.07) is 24.2. The molecule has 81 heavy (non-hydrogen) atoms. The molecule has 3 rings (SSSR count). The Bertz CT molecular complexity index is 2520. The molecule has 21 heteroatoms. The van der Waals surface area contributed by atoms with E-state index in [4.69, 9.17) is 5.73 Å². The molecular weight excluding hydrogens is 1030 g/mol. The Balaban J connectivity index is 1.65. The third kappa shape index (κ3) is 23.0. The standard InChI is InChI=1S/C60H92N12O9/c1-11-58(8,69-50(75)41(4)65-53(78)57(6,7)72-56(81)60(10,13-3)71-51(76)47(66-42(5)73)37-44-28-19-15-20-29-44)54(79)64-40-49(74)68-48(38-45-30-21-16-22-31-45)52(77)70-59(9,12-2)55(80)67-46(36-43-26-17-14-18-27-43)39-63-35-25-34-62-33-24-23-32-61/h14-22,26-31,41,46-48,62-63H,11-13,23-25,32-40,61H2,1-10H3,(H,64,79)(H,65,78)(H,66,73)(H,67,80)(H,68,74)(H,69,75)(H,70,77)(H,71,76)(H,72,81). The van der Waals surface area contributed by atoms with Gasteiger partial charge >= 0.3 is 0 Å². The van der Waals surface area contributed by atoms with Gasteiger partial charge in [-0.25, -0.2) is 0 Å². The molecule has 0 saturated heterocycles. The maximum Gasteiger partial charge on any atom is 0.246 e. The molecule has 9 amide bonds. The number of nitrogens with two attached hydrogens (primary N) is 1. The van der Waals surface area contributed by atoms with Crippen LogP contribution in [0.4, 0.5) is 0 Å². The average Bonchev–Trinajstić information content (AvgIpc) is 3.47. The van der Waals surface area contributed by atoms with Crippen LogP contribution in [0.3, 0.4) is 0 Å². The molecular formula is C60H92N12O9. The summed E-state index contributed by atoms with van der Waals surface area (Å²) >= 11 is 0. The minimum Gasteiger partial charge on any atom is -0.350 e. The topological polar surface area (TPSA) is 312 Å². The number of hydrogen-bond acceptors (Lipinski definition) is 12. The highest BCUT2D eigenvalue weighted by molar-refractivity contribution is 6.00. The highest BCUT2D eigenvalue weighted by Gasteiger charge is 2.42. The Morgan fingerprint density at radius 1 is 0.481 bits per heavy atom. The van der Waals surface area contributed by atoms with Crippen molar-refractivity contribution in [2.75, 3.05) is 39.3 Å². The smallest absolute Gasteiger partial charge is 0.246 e. The first-order valence-corrected chi connectivity index (χ1v) is 28.3. The lowest BCUT2D eigenvalue weighted by molar-refractivity contribution is -0.140. The zero-order valence-electron chi connectivity index (χ0n) is 49.3. The van der Waals surface area contributed by atoms with Crippen molar-refractivity contribution < 1.29 is 43.2 Å². The Labute approximate surface area is 479 Å². The molecule has 0 radical (unpaired) electrons. The molecule has 0 fully saturated rings. The minimum atomic E-state index is -1.62. The summed E-state index contributed by atoms with van der Waals surface area (Å²) in [4.78, 5) is 123. The van der Waals surface area contributed by atoms with Crippen LogP contribution < -0.4 is 64.2 Å².